The van der Waals surface area contributed by atoms with E-state index in [0.29, 0.717) is 5.82 Å². The molecule has 0 radical (unpaired) electrons. The van der Waals surface area contributed by atoms with Gasteiger partial charge >= 0.3 is 0 Å². The Hall–Kier alpha value is -1.32. The molecule has 0 saturated carbocycles. The van der Waals surface area contributed by atoms with Crippen LogP contribution in [-0.4, -0.2) is 23.1 Å². The fourth-order valence-corrected chi connectivity index (χ4v) is 2.48. The first-order valence-electron chi connectivity index (χ1n) is 7.18. The second-order valence-corrected chi connectivity index (χ2v) is 5.07. The first kappa shape index (κ1) is 13.1. The molecule has 1 aromatic rings. The third-order valence-corrected chi connectivity index (χ3v) is 3.43. The summed E-state index contributed by atoms with van der Waals surface area (Å²) in [7, 11) is 0. The van der Waals surface area contributed by atoms with Crippen molar-refractivity contribution >= 4 is 11.6 Å². The molecule has 4 heteroatoms. The van der Waals surface area contributed by atoms with Crippen molar-refractivity contribution in [2.45, 2.75) is 51.9 Å². The van der Waals surface area contributed by atoms with E-state index >= 15 is 0 Å². The molecule has 2 rings (SSSR count). The van der Waals surface area contributed by atoms with Crippen molar-refractivity contribution in [1.82, 2.24) is 9.97 Å². The Bertz CT molecular complexity index is 370. The molecule has 1 saturated heterocycles. The number of nitrogens with two attached hydrogens (primary N) is 1. The summed E-state index contributed by atoms with van der Waals surface area (Å²) >= 11 is 0. The molecule has 0 aromatic carbocycles. The number of rotatable bonds is 3. The smallest absolute Gasteiger partial charge is 0.134 e. The topological polar surface area (TPSA) is 55.0 Å². The minimum Gasteiger partial charge on any atom is -0.384 e. The summed E-state index contributed by atoms with van der Waals surface area (Å²) in [6.45, 7) is 4.34. The zero-order valence-electron chi connectivity index (χ0n) is 11.4. The van der Waals surface area contributed by atoms with Crippen LogP contribution < -0.4 is 10.6 Å². The van der Waals surface area contributed by atoms with E-state index in [1.54, 1.807) is 0 Å². The van der Waals surface area contributed by atoms with Crippen LogP contribution in [0.2, 0.25) is 0 Å². The van der Waals surface area contributed by atoms with Crippen LogP contribution in [0.25, 0.3) is 0 Å². The van der Waals surface area contributed by atoms with Gasteiger partial charge in [0, 0.05) is 25.6 Å². The van der Waals surface area contributed by atoms with Gasteiger partial charge in [-0.05, 0) is 19.3 Å². The van der Waals surface area contributed by atoms with Gasteiger partial charge in [-0.2, -0.15) is 0 Å². The average molecular weight is 248 g/mol. The van der Waals surface area contributed by atoms with E-state index in [1.165, 1.54) is 32.1 Å². The van der Waals surface area contributed by atoms with Crippen molar-refractivity contribution < 1.29 is 0 Å². The largest absolute Gasteiger partial charge is 0.384 e. The lowest BCUT2D eigenvalue weighted by molar-refractivity contribution is 0.553. The van der Waals surface area contributed by atoms with Gasteiger partial charge in [-0.25, -0.2) is 9.97 Å². The Labute approximate surface area is 110 Å². The zero-order chi connectivity index (χ0) is 12.8. The predicted octanol–water partition coefficient (Wildman–Crippen LogP) is 2.78. The number of hydrogen-bond donors (Lipinski definition) is 1. The van der Waals surface area contributed by atoms with Crippen molar-refractivity contribution in [3.05, 3.63) is 11.9 Å². The number of aromatic nitrogens is 2. The van der Waals surface area contributed by atoms with Crippen molar-refractivity contribution in [3.63, 3.8) is 0 Å². The molecule has 4 nitrogen and oxygen atoms in total. The summed E-state index contributed by atoms with van der Waals surface area (Å²) in [5.74, 6) is 2.51. The lowest BCUT2D eigenvalue weighted by atomic mass is 10.1. The van der Waals surface area contributed by atoms with Gasteiger partial charge in [-0.15, -0.1) is 0 Å². The second kappa shape index (κ2) is 6.57. The molecular formula is C14H24N4. The van der Waals surface area contributed by atoms with Gasteiger partial charge in [0.25, 0.3) is 0 Å². The molecule has 0 spiro atoms. The summed E-state index contributed by atoms with van der Waals surface area (Å²) < 4.78 is 0. The molecule has 0 unspecified atom stereocenters. The van der Waals surface area contributed by atoms with Crippen molar-refractivity contribution in [3.8, 4) is 0 Å². The molecule has 1 aromatic heterocycles. The molecule has 18 heavy (non-hydrogen) atoms. The van der Waals surface area contributed by atoms with E-state index in [0.717, 1.165) is 37.6 Å². The Kier molecular flexibility index (Phi) is 4.79. The minimum atomic E-state index is 0.602. The van der Waals surface area contributed by atoms with Crippen LogP contribution in [-0.2, 0) is 6.42 Å². The lowest BCUT2D eigenvalue weighted by Crippen LogP contribution is -2.28. The second-order valence-electron chi connectivity index (χ2n) is 5.07. The van der Waals surface area contributed by atoms with Gasteiger partial charge in [0.05, 0.1) is 0 Å². The van der Waals surface area contributed by atoms with Crippen molar-refractivity contribution in [1.29, 1.82) is 0 Å². The highest BCUT2D eigenvalue weighted by molar-refractivity contribution is 5.47. The first-order chi connectivity index (χ1) is 8.79. The quantitative estimate of drug-likeness (QED) is 0.893. The minimum absolute atomic E-state index is 0.602. The average Bonchev–Trinajstić information content (AvgIpc) is 2.27. The van der Waals surface area contributed by atoms with Crippen molar-refractivity contribution in [2.75, 3.05) is 23.7 Å². The molecule has 0 amide bonds. The first-order valence-corrected chi connectivity index (χ1v) is 7.18. The highest BCUT2D eigenvalue weighted by Gasteiger charge is 2.12. The highest BCUT2D eigenvalue weighted by atomic mass is 15.2. The summed E-state index contributed by atoms with van der Waals surface area (Å²) in [6, 6.07) is 1.92. The van der Waals surface area contributed by atoms with Gasteiger partial charge in [0.15, 0.2) is 0 Å². The fourth-order valence-electron chi connectivity index (χ4n) is 2.48. The molecule has 0 aliphatic carbocycles. The SMILES string of the molecule is CCCc1nc(N)cc(N2CCCCCCC2)n1. The van der Waals surface area contributed by atoms with E-state index in [1.807, 2.05) is 6.07 Å². The van der Waals surface area contributed by atoms with E-state index < -0.39 is 0 Å². The van der Waals surface area contributed by atoms with Crippen LogP contribution >= 0.6 is 0 Å². The van der Waals surface area contributed by atoms with Crippen LogP contribution in [0.15, 0.2) is 6.07 Å². The molecule has 2 heterocycles. The van der Waals surface area contributed by atoms with E-state index in [4.69, 9.17) is 5.73 Å². The van der Waals surface area contributed by atoms with Gasteiger partial charge in [-0.1, -0.05) is 26.2 Å². The molecule has 0 bridgehead atoms. The Morgan fingerprint density at radius 1 is 1.11 bits per heavy atom. The lowest BCUT2D eigenvalue weighted by Gasteiger charge is -2.26. The highest BCUT2D eigenvalue weighted by Crippen LogP contribution is 2.19. The molecule has 1 aliphatic heterocycles. The van der Waals surface area contributed by atoms with Crippen LogP contribution in [0, 0.1) is 0 Å². The maximum Gasteiger partial charge on any atom is 0.134 e. The van der Waals surface area contributed by atoms with Gasteiger partial charge in [-0.3, -0.25) is 0 Å². The maximum atomic E-state index is 5.89. The third-order valence-electron chi connectivity index (χ3n) is 3.43. The molecule has 1 aliphatic rings. The van der Waals surface area contributed by atoms with Crippen molar-refractivity contribution in [2.24, 2.45) is 0 Å². The van der Waals surface area contributed by atoms with Gasteiger partial charge in [0.1, 0.15) is 17.5 Å². The van der Waals surface area contributed by atoms with E-state index in [-0.39, 0.29) is 0 Å². The molecule has 2 N–H and O–H groups in total. The summed E-state index contributed by atoms with van der Waals surface area (Å²) in [6.07, 6.45) is 8.52. The number of nitrogen functional groups attached to an aromatic ring is 1. The monoisotopic (exact) mass is 248 g/mol. The Morgan fingerprint density at radius 2 is 1.78 bits per heavy atom. The van der Waals surface area contributed by atoms with Crippen LogP contribution in [0.4, 0.5) is 11.6 Å². The summed E-state index contributed by atoms with van der Waals surface area (Å²) in [5.41, 5.74) is 5.89. The van der Waals surface area contributed by atoms with E-state index in [9.17, 15) is 0 Å². The van der Waals surface area contributed by atoms with Gasteiger partial charge in [0.2, 0.25) is 0 Å². The van der Waals surface area contributed by atoms with Crippen LogP contribution in [0.5, 0.6) is 0 Å². The molecular weight excluding hydrogens is 224 g/mol. The van der Waals surface area contributed by atoms with Crippen LogP contribution in [0.3, 0.4) is 0 Å². The van der Waals surface area contributed by atoms with E-state index in [2.05, 4.69) is 21.8 Å². The number of aryl methyl sites for hydroxylation is 1. The summed E-state index contributed by atoms with van der Waals surface area (Å²) in [4.78, 5) is 11.3. The standard InChI is InChI=1S/C14H24N4/c1-2-8-13-16-12(15)11-14(17-13)18-9-6-4-3-5-7-10-18/h11H,2-10H2,1H3,(H2,15,16,17). The Morgan fingerprint density at radius 3 is 2.44 bits per heavy atom. The molecule has 1 fully saturated rings. The summed E-state index contributed by atoms with van der Waals surface area (Å²) in [5, 5.41) is 0. The number of nitrogens with zero attached hydrogens (tertiary/aromatic N) is 3. The molecule has 100 valence electrons. The molecule has 0 atom stereocenters. The zero-order valence-corrected chi connectivity index (χ0v) is 11.4. The van der Waals surface area contributed by atoms with Crippen LogP contribution in [0.1, 0.15) is 51.3 Å². The maximum absolute atomic E-state index is 5.89. The Balaban J connectivity index is 2.14. The number of anilines is 2. The third kappa shape index (κ3) is 3.59. The normalized spacial score (nSPS) is 17.3. The number of hydrogen-bond acceptors (Lipinski definition) is 4. The predicted molar refractivity (Wildman–Crippen MR) is 75.7 cm³/mol. The fraction of sp³-hybridized carbons (Fsp3) is 0.714. The van der Waals surface area contributed by atoms with Gasteiger partial charge < -0.3 is 10.6 Å².